The van der Waals surface area contributed by atoms with Crippen LogP contribution in [0, 0.1) is 6.08 Å². The molecule has 13 heavy (non-hydrogen) atoms. The second-order valence-electron chi connectivity index (χ2n) is 2.29. The van der Waals surface area contributed by atoms with Crippen molar-refractivity contribution in [2.45, 2.75) is 0 Å². The van der Waals surface area contributed by atoms with Crippen LogP contribution < -0.4 is 5.06 Å². The summed E-state index contributed by atoms with van der Waals surface area (Å²) in [6.45, 7) is 3.26. The van der Waals surface area contributed by atoms with Crippen LogP contribution in [0.25, 0.3) is 0 Å². The van der Waals surface area contributed by atoms with Gasteiger partial charge in [0.15, 0.2) is 0 Å². The van der Waals surface area contributed by atoms with E-state index in [1.165, 1.54) is 7.11 Å². The van der Waals surface area contributed by atoms with Gasteiger partial charge in [0.1, 0.15) is 0 Å². The largest absolute Gasteiger partial charge is 0.282 e. The van der Waals surface area contributed by atoms with Gasteiger partial charge in [0.05, 0.1) is 12.8 Å². The summed E-state index contributed by atoms with van der Waals surface area (Å²) < 4.78 is 0. The number of benzene rings is 1. The lowest BCUT2D eigenvalue weighted by molar-refractivity contribution is -0.120. The van der Waals surface area contributed by atoms with E-state index in [4.69, 9.17) is 4.84 Å². The number of anilines is 1. The maximum Gasteiger partial charge on any atom is 0.282 e. The van der Waals surface area contributed by atoms with Crippen molar-refractivity contribution < 1.29 is 9.63 Å². The summed E-state index contributed by atoms with van der Waals surface area (Å²) in [5.74, 6) is -0.409. The smallest absolute Gasteiger partial charge is 0.269 e. The minimum atomic E-state index is -0.409. The van der Waals surface area contributed by atoms with E-state index in [0.717, 1.165) is 5.06 Å². The van der Waals surface area contributed by atoms with E-state index >= 15 is 0 Å². The average molecular weight is 176 g/mol. The molecule has 0 N–H and O–H groups in total. The van der Waals surface area contributed by atoms with Crippen molar-refractivity contribution in [1.29, 1.82) is 0 Å². The van der Waals surface area contributed by atoms with Crippen LogP contribution in [0.2, 0.25) is 0 Å². The molecule has 0 unspecified atom stereocenters. The molecule has 67 valence electrons. The number of carbonyl (C=O) groups excluding carboxylic acids is 1. The number of amides is 1. The Hall–Kier alpha value is -1.61. The van der Waals surface area contributed by atoms with Crippen LogP contribution in [-0.4, -0.2) is 13.0 Å². The van der Waals surface area contributed by atoms with Crippen molar-refractivity contribution in [3.8, 4) is 0 Å². The highest BCUT2D eigenvalue weighted by Gasteiger charge is 2.11. The molecule has 0 saturated carbocycles. The van der Waals surface area contributed by atoms with E-state index in [0.29, 0.717) is 5.69 Å². The molecule has 0 aromatic heterocycles. The molecule has 0 aliphatic rings. The predicted molar refractivity (Wildman–Crippen MR) is 49.8 cm³/mol. The van der Waals surface area contributed by atoms with Gasteiger partial charge in [0, 0.05) is 6.08 Å². The number of carbonyl (C=O) groups is 1. The van der Waals surface area contributed by atoms with E-state index in [-0.39, 0.29) is 0 Å². The third-order valence-corrected chi connectivity index (χ3v) is 1.51. The Morgan fingerprint density at radius 3 is 2.54 bits per heavy atom. The average Bonchev–Trinajstić information content (AvgIpc) is 2.20. The summed E-state index contributed by atoms with van der Waals surface area (Å²) in [6.07, 6.45) is 2.23. The van der Waals surface area contributed by atoms with E-state index < -0.39 is 5.91 Å². The minimum absolute atomic E-state index is 0.409. The molecule has 0 spiro atoms. The van der Waals surface area contributed by atoms with Gasteiger partial charge in [-0.05, 0) is 12.1 Å². The van der Waals surface area contributed by atoms with E-state index in [9.17, 15) is 4.79 Å². The summed E-state index contributed by atoms with van der Waals surface area (Å²) >= 11 is 0. The summed E-state index contributed by atoms with van der Waals surface area (Å²) in [5, 5.41) is 1.12. The van der Waals surface area contributed by atoms with Gasteiger partial charge in [-0.15, -0.1) is 0 Å². The van der Waals surface area contributed by atoms with Gasteiger partial charge in [-0.3, -0.25) is 9.63 Å². The molecule has 3 heteroatoms. The predicted octanol–water partition coefficient (Wildman–Crippen LogP) is 1.57. The Balaban J connectivity index is 2.91. The molecule has 0 bridgehead atoms. The van der Waals surface area contributed by atoms with Crippen molar-refractivity contribution in [3.05, 3.63) is 43.0 Å². The number of nitrogens with zero attached hydrogens (tertiary/aromatic N) is 1. The number of hydroxylamine groups is 1. The Bertz CT molecular complexity index is 295. The van der Waals surface area contributed by atoms with Crippen LogP contribution in [0.1, 0.15) is 0 Å². The molecular formula is C10H10NO2. The molecule has 0 heterocycles. The fraction of sp³-hybridized carbons (Fsp3) is 0.100. The van der Waals surface area contributed by atoms with Crippen molar-refractivity contribution in [3.63, 3.8) is 0 Å². The molecule has 1 amide bonds. The van der Waals surface area contributed by atoms with Gasteiger partial charge in [-0.2, -0.15) is 5.06 Å². The number of hydrogen-bond acceptors (Lipinski definition) is 2. The maximum atomic E-state index is 11.2. The summed E-state index contributed by atoms with van der Waals surface area (Å²) in [6, 6.07) is 9.02. The molecule has 1 rings (SSSR count). The molecule has 0 aliphatic heterocycles. The van der Waals surface area contributed by atoms with Gasteiger partial charge in [0.25, 0.3) is 5.91 Å². The first kappa shape index (κ1) is 9.48. The first-order valence-corrected chi connectivity index (χ1v) is 3.76. The molecule has 0 fully saturated rings. The molecule has 3 nitrogen and oxygen atoms in total. The molecule has 1 aromatic rings. The van der Waals surface area contributed by atoms with E-state index in [1.807, 2.05) is 18.2 Å². The lowest BCUT2D eigenvalue weighted by atomic mass is 10.3. The van der Waals surface area contributed by atoms with Crippen molar-refractivity contribution in [1.82, 2.24) is 0 Å². The maximum absolute atomic E-state index is 11.2. The second kappa shape index (κ2) is 4.42. The van der Waals surface area contributed by atoms with Crippen molar-refractivity contribution in [2.24, 2.45) is 0 Å². The fourth-order valence-electron chi connectivity index (χ4n) is 0.941. The molecule has 0 atom stereocenters. The van der Waals surface area contributed by atoms with Gasteiger partial charge in [0.2, 0.25) is 0 Å². The van der Waals surface area contributed by atoms with Gasteiger partial charge < -0.3 is 0 Å². The zero-order valence-corrected chi connectivity index (χ0v) is 7.36. The fourth-order valence-corrected chi connectivity index (χ4v) is 0.941. The normalized spacial score (nSPS) is 9.31. The van der Waals surface area contributed by atoms with Crippen LogP contribution >= 0.6 is 0 Å². The summed E-state index contributed by atoms with van der Waals surface area (Å²) in [4.78, 5) is 16.0. The van der Waals surface area contributed by atoms with Crippen LogP contribution in [0.4, 0.5) is 5.69 Å². The van der Waals surface area contributed by atoms with E-state index in [2.05, 4.69) is 12.7 Å². The van der Waals surface area contributed by atoms with Gasteiger partial charge in [-0.25, -0.2) is 0 Å². The van der Waals surface area contributed by atoms with Crippen LogP contribution in [-0.2, 0) is 9.63 Å². The Morgan fingerprint density at radius 1 is 1.46 bits per heavy atom. The topological polar surface area (TPSA) is 29.5 Å². The quantitative estimate of drug-likeness (QED) is 0.516. The summed E-state index contributed by atoms with van der Waals surface area (Å²) in [5.41, 5.74) is 0.658. The first-order chi connectivity index (χ1) is 6.29. The highest BCUT2D eigenvalue weighted by Crippen LogP contribution is 2.12. The Kier molecular flexibility index (Phi) is 3.23. The highest BCUT2D eigenvalue weighted by atomic mass is 16.7. The highest BCUT2D eigenvalue weighted by molar-refractivity contribution is 5.96. The van der Waals surface area contributed by atoms with Crippen LogP contribution in [0.3, 0.4) is 0 Å². The zero-order chi connectivity index (χ0) is 9.68. The number of hydrogen-bond donors (Lipinski definition) is 0. The number of rotatable bonds is 3. The van der Waals surface area contributed by atoms with Crippen LogP contribution in [0.5, 0.6) is 0 Å². The van der Waals surface area contributed by atoms with Crippen molar-refractivity contribution in [2.75, 3.05) is 12.2 Å². The standard InChI is InChI=1S/C10H10NO2/c1-3-10(12)11(13-2)9-7-5-4-6-8-9/h4-8H,1H2,2H3. The zero-order valence-electron chi connectivity index (χ0n) is 7.36. The first-order valence-electron chi connectivity index (χ1n) is 3.76. The summed E-state index contributed by atoms with van der Waals surface area (Å²) in [7, 11) is 1.42. The molecule has 1 aromatic carbocycles. The monoisotopic (exact) mass is 176 g/mol. The molecule has 0 saturated heterocycles. The van der Waals surface area contributed by atoms with Crippen LogP contribution in [0.15, 0.2) is 36.9 Å². The van der Waals surface area contributed by atoms with E-state index in [1.54, 1.807) is 12.1 Å². The third kappa shape index (κ3) is 2.16. The van der Waals surface area contributed by atoms with Gasteiger partial charge in [-0.1, -0.05) is 24.8 Å². The van der Waals surface area contributed by atoms with Gasteiger partial charge >= 0.3 is 0 Å². The lowest BCUT2D eigenvalue weighted by Crippen LogP contribution is -2.27. The molecule has 1 radical (unpaired) electrons. The van der Waals surface area contributed by atoms with Crippen molar-refractivity contribution >= 4 is 11.6 Å². The molecular weight excluding hydrogens is 166 g/mol. The third-order valence-electron chi connectivity index (χ3n) is 1.51. The second-order valence-corrected chi connectivity index (χ2v) is 2.29. The SMILES string of the molecule is C=[C]C(=O)N(OC)c1ccccc1. The minimum Gasteiger partial charge on any atom is -0.269 e. The Morgan fingerprint density at radius 2 is 2.08 bits per heavy atom. The lowest BCUT2D eigenvalue weighted by Gasteiger charge is -2.16. The number of para-hydroxylation sites is 1. The Labute approximate surface area is 77.2 Å². The molecule has 0 aliphatic carbocycles.